The Morgan fingerprint density at radius 2 is 2.25 bits per heavy atom. The second kappa shape index (κ2) is 7.09. The Labute approximate surface area is 140 Å². The van der Waals surface area contributed by atoms with Crippen LogP contribution in [0.2, 0.25) is 0 Å². The topological polar surface area (TPSA) is 110 Å². The molecule has 1 aromatic carbocycles. The SMILES string of the molecule is O=C1N/C(=N\N=Cc2ccco2)S[C@H]1Cc1cccc([N+](=O)[O-])c1. The van der Waals surface area contributed by atoms with Crippen molar-refractivity contribution in [3.63, 3.8) is 0 Å². The van der Waals surface area contributed by atoms with E-state index in [-0.39, 0.29) is 11.6 Å². The molecule has 1 atom stereocenters. The molecule has 0 bridgehead atoms. The van der Waals surface area contributed by atoms with Crippen molar-refractivity contribution in [2.75, 3.05) is 0 Å². The maximum atomic E-state index is 12.0. The molecule has 1 aromatic heterocycles. The van der Waals surface area contributed by atoms with Crippen LogP contribution in [0.4, 0.5) is 5.69 Å². The smallest absolute Gasteiger partial charge is 0.269 e. The Hall–Kier alpha value is -2.94. The summed E-state index contributed by atoms with van der Waals surface area (Å²) in [6, 6.07) is 9.71. The number of nitro groups is 1. The van der Waals surface area contributed by atoms with Gasteiger partial charge in [0.1, 0.15) is 5.76 Å². The van der Waals surface area contributed by atoms with Gasteiger partial charge in [-0.05, 0) is 24.1 Å². The summed E-state index contributed by atoms with van der Waals surface area (Å²) in [5, 5.41) is 21.2. The number of hydrogen-bond donors (Lipinski definition) is 1. The lowest BCUT2D eigenvalue weighted by Crippen LogP contribution is -2.25. The van der Waals surface area contributed by atoms with Crippen LogP contribution in [0, 0.1) is 10.1 Å². The fourth-order valence-electron chi connectivity index (χ4n) is 2.10. The zero-order chi connectivity index (χ0) is 16.9. The molecule has 0 aliphatic carbocycles. The fourth-order valence-corrected chi connectivity index (χ4v) is 3.07. The predicted molar refractivity (Wildman–Crippen MR) is 90.1 cm³/mol. The molecule has 1 amide bonds. The molecule has 3 rings (SSSR count). The summed E-state index contributed by atoms with van der Waals surface area (Å²) in [6.07, 6.45) is 3.34. The molecule has 1 fully saturated rings. The van der Waals surface area contributed by atoms with E-state index in [0.29, 0.717) is 17.3 Å². The van der Waals surface area contributed by atoms with Crippen LogP contribution in [-0.4, -0.2) is 27.5 Å². The number of non-ortho nitro benzene ring substituents is 1. The van der Waals surface area contributed by atoms with Crippen LogP contribution in [0.5, 0.6) is 0 Å². The van der Waals surface area contributed by atoms with Gasteiger partial charge in [-0.15, -0.1) is 5.10 Å². The first kappa shape index (κ1) is 15.9. The van der Waals surface area contributed by atoms with Crippen LogP contribution in [0.1, 0.15) is 11.3 Å². The molecule has 1 N–H and O–H groups in total. The highest BCUT2D eigenvalue weighted by molar-refractivity contribution is 8.15. The second-order valence-electron chi connectivity index (χ2n) is 4.89. The first-order valence-electron chi connectivity index (χ1n) is 6.97. The van der Waals surface area contributed by atoms with Gasteiger partial charge < -0.3 is 9.73 Å². The van der Waals surface area contributed by atoms with Crippen LogP contribution < -0.4 is 5.32 Å². The number of carbonyl (C=O) groups is 1. The van der Waals surface area contributed by atoms with E-state index >= 15 is 0 Å². The van der Waals surface area contributed by atoms with Gasteiger partial charge in [0.2, 0.25) is 5.91 Å². The summed E-state index contributed by atoms with van der Waals surface area (Å²) in [7, 11) is 0. The first-order valence-corrected chi connectivity index (χ1v) is 7.85. The monoisotopic (exact) mass is 344 g/mol. The van der Waals surface area contributed by atoms with E-state index < -0.39 is 10.2 Å². The van der Waals surface area contributed by atoms with Gasteiger partial charge in [0, 0.05) is 12.1 Å². The molecule has 24 heavy (non-hydrogen) atoms. The summed E-state index contributed by atoms with van der Waals surface area (Å²) in [5.41, 5.74) is 0.727. The number of amides is 1. The summed E-state index contributed by atoms with van der Waals surface area (Å²) in [5.74, 6) is 0.361. The number of thioether (sulfide) groups is 1. The number of hydrogen-bond acceptors (Lipinski definition) is 7. The van der Waals surface area contributed by atoms with Gasteiger partial charge >= 0.3 is 0 Å². The Morgan fingerprint density at radius 1 is 1.38 bits per heavy atom. The molecule has 0 radical (unpaired) electrons. The zero-order valence-corrected chi connectivity index (χ0v) is 13.1. The van der Waals surface area contributed by atoms with Gasteiger partial charge in [-0.2, -0.15) is 5.10 Å². The molecular weight excluding hydrogens is 332 g/mol. The third kappa shape index (κ3) is 3.87. The van der Waals surface area contributed by atoms with Gasteiger partial charge in [0.05, 0.1) is 22.7 Å². The Morgan fingerprint density at radius 3 is 3.00 bits per heavy atom. The minimum absolute atomic E-state index is 0.00726. The Balaban J connectivity index is 1.64. The van der Waals surface area contributed by atoms with Crippen molar-refractivity contribution < 1.29 is 14.1 Å². The van der Waals surface area contributed by atoms with Crippen LogP contribution in [0.3, 0.4) is 0 Å². The maximum absolute atomic E-state index is 12.0. The number of amidine groups is 1. The third-order valence-corrected chi connectivity index (χ3v) is 4.27. The maximum Gasteiger partial charge on any atom is 0.269 e. The summed E-state index contributed by atoms with van der Waals surface area (Å²) in [4.78, 5) is 22.3. The molecular formula is C15H12N4O4S. The molecule has 122 valence electrons. The van der Waals surface area contributed by atoms with Gasteiger partial charge in [0.25, 0.3) is 5.69 Å². The standard InChI is InChI=1S/C15H12N4O4S/c20-14-13(8-10-3-1-4-11(7-10)19(21)22)24-15(17-14)18-16-9-12-5-2-6-23-12/h1-7,9,13H,8H2,(H,17,18,20)/t13-/m0/s1. The Bertz CT molecular complexity index is 817. The van der Waals surface area contributed by atoms with E-state index in [1.807, 2.05) is 0 Å². The summed E-state index contributed by atoms with van der Waals surface area (Å²) < 4.78 is 5.08. The molecule has 0 saturated carbocycles. The molecule has 1 aliphatic heterocycles. The van der Waals surface area contributed by atoms with Crippen molar-refractivity contribution in [3.05, 3.63) is 64.1 Å². The normalized spacial score (nSPS) is 19.1. The predicted octanol–water partition coefficient (Wildman–Crippen LogP) is 2.35. The van der Waals surface area contributed by atoms with Gasteiger partial charge in [0.15, 0.2) is 5.17 Å². The average Bonchev–Trinajstić information content (AvgIpc) is 3.18. The number of carbonyl (C=O) groups excluding carboxylic acids is 1. The van der Waals surface area contributed by atoms with E-state index in [9.17, 15) is 14.9 Å². The molecule has 2 heterocycles. The van der Waals surface area contributed by atoms with E-state index in [2.05, 4.69) is 15.5 Å². The van der Waals surface area contributed by atoms with Crippen molar-refractivity contribution in [2.45, 2.75) is 11.7 Å². The lowest BCUT2D eigenvalue weighted by atomic mass is 10.1. The minimum atomic E-state index is -0.457. The van der Waals surface area contributed by atoms with Crippen molar-refractivity contribution >= 4 is 34.7 Å². The van der Waals surface area contributed by atoms with Crippen molar-refractivity contribution in [3.8, 4) is 0 Å². The number of nitrogens with zero attached hydrogens (tertiary/aromatic N) is 3. The lowest BCUT2D eigenvalue weighted by molar-refractivity contribution is -0.384. The number of benzene rings is 1. The van der Waals surface area contributed by atoms with Crippen LogP contribution in [0.25, 0.3) is 0 Å². The largest absolute Gasteiger partial charge is 0.463 e. The van der Waals surface area contributed by atoms with E-state index in [0.717, 1.165) is 5.56 Å². The fraction of sp³-hybridized carbons (Fsp3) is 0.133. The summed E-state index contributed by atoms with van der Waals surface area (Å²) in [6.45, 7) is 0. The molecule has 1 aliphatic rings. The molecule has 2 aromatic rings. The lowest BCUT2D eigenvalue weighted by Gasteiger charge is -2.04. The molecule has 1 saturated heterocycles. The van der Waals surface area contributed by atoms with Crippen molar-refractivity contribution in [2.24, 2.45) is 10.2 Å². The third-order valence-electron chi connectivity index (χ3n) is 3.20. The van der Waals surface area contributed by atoms with Crippen molar-refractivity contribution in [1.82, 2.24) is 5.32 Å². The second-order valence-corrected chi connectivity index (χ2v) is 6.08. The zero-order valence-electron chi connectivity index (χ0n) is 12.3. The van der Waals surface area contributed by atoms with E-state index in [1.54, 1.807) is 24.3 Å². The first-order chi connectivity index (χ1) is 11.6. The molecule has 9 heteroatoms. The highest BCUT2D eigenvalue weighted by Crippen LogP contribution is 2.24. The minimum Gasteiger partial charge on any atom is -0.463 e. The van der Waals surface area contributed by atoms with Crippen LogP contribution in [0.15, 0.2) is 57.3 Å². The van der Waals surface area contributed by atoms with Gasteiger partial charge in [-0.25, -0.2) is 0 Å². The molecule has 0 spiro atoms. The van der Waals surface area contributed by atoms with E-state index in [4.69, 9.17) is 4.42 Å². The van der Waals surface area contributed by atoms with E-state index in [1.165, 1.54) is 36.4 Å². The van der Waals surface area contributed by atoms with Crippen LogP contribution in [-0.2, 0) is 11.2 Å². The summed E-state index contributed by atoms with van der Waals surface area (Å²) >= 11 is 1.24. The molecule has 0 unspecified atom stereocenters. The highest BCUT2D eigenvalue weighted by atomic mass is 32.2. The van der Waals surface area contributed by atoms with Crippen molar-refractivity contribution in [1.29, 1.82) is 0 Å². The Kier molecular flexibility index (Phi) is 4.71. The quantitative estimate of drug-likeness (QED) is 0.508. The molecule has 8 nitrogen and oxygen atoms in total. The number of nitrogens with one attached hydrogen (secondary N) is 1. The number of rotatable bonds is 5. The number of furan rings is 1. The van der Waals surface area contributed by atoms with Crippen LogP contribution >= 0.6 is 11.8 Å². The number of nitro benzene ring substituents is 1. The van der Waals surface area contributed by atoms with Gasteiger partial charge in [-0.3, -0.25) is 14.9 Å². The van der Waals surface area contributed by atoms with Gasteiger partial charge in [-0.1, -0.05) is 23.9 Å². The highest BCUT2D eigenvalue weighted by Gasteiger charge is 2.30. The average molecular weight is 344 g/mol.